The molecule has 1 aliphatic carbocycles. The Morgan fingerprint density at radius 1 is 0.938 bits per heavy atom. The van der Waals surface area contributed by atoms with Gasteiger partial charge in [-0.3, -0.25) is 14.4 Å². The molecule has 0 saturated carbocycles. The number of fused-ring (bicyclic) bond motifs is 3. The highest BCUT2D eigenvalue weighted by molar-refractivity contribution is 7.99. The van der Waals surface area contributed by atoms with Crippen LogP contribution in [0.1, 0.15) is 31.8 Å². The number of aromatic amines is 1. The smallest absolute Gasteiger partial charge is 0.234 e. The van der Waals surface area contributed by atoms with E-state index in [0.717, 1.165) is 23.9 Å². The number of imidazole rings is 1. The minimum absolute atomic E-state index is 0.0762. The van der Waals surface area contributed by atoms with E-state index < -0.39 is 17.5 Å². The van der Waals surface area contributed by atoms with Crippen LogP contribution in [0.15, 0.2) is 59.8 Å². The predicted molar refractivity (Wildman–Crippen MR) is 115 cm³/mol. The zero-order chi connectivity index (χ0) is 22.4. The SMILES string of the molecule is O=C(CSc1nc2cc(F)c(F)cc2[nH]1)Nc1cccc2c1C(=O)c1ccccc1C2=O. The number of carbonyl (C=O) groups excluding carboxylic acids is 3. The normalized spacial score (nSPS) is 12.6. The van der Waals surface area contributed by atoms with Crippen LogP contribution in [0, 0.1) is 11.6 Å². The molecule has 1 aromatic heterocycles. The summed E-state index contributed by atoms with van der Waals surface area (Å²) in [7, 11) is 0. The van der Waals surface area contributed by atoms with Crippen molar-refractivity contribution in [1.82, 2.24) is 9.97 Å². The summed E-state index contributed by atoms with van der Waals surface area (Å²) in [5, 5.41) is 2.99. The van der Waals surface area contributed by atoms with Gasteiger partial charge in [0.25, 0.3) is 0 Å². The first-order valence-electron chi connectivity index (χ1n) is 9.51. The van der Waals surface area contributed by atoms with Gasteiger partial charge in [-0.25, -0.2) is 13.8 Å². The van der Waals surface area contributed by atoms with E-state index in [1.54, 1.807) is 42.5 Å². The monoisotopic (exact) mass is 449 g/mol. The Bertz CT molecular complexity index is 1410. The topological polar surface area (TPSA) is 91.9 Å². The number of aromatic nitrogens is 2. The summed E-state index contributed by atoms with van der Waals surface area (Å²) in [4.78, 5) is 45.3. The Morgan fingerprint density at radius 2 is 1.62 bits per heavy atom. The van der Waals surface area contributed by atoms with E-state index in [9.17, 15) is 23.2 Å². The summed E-state index contributed by atoms with van der Waals surface area (Å²) in [5.74, 6) is -3.12. The first-order valence-corrected chi connectivity index (χ1v) is 10.5. The Morgan fingerprint density at radius 3 is 2.41 bits per heavy atom. The number of benzene rings is 3. The summed E-state index contributed by atoms with van der Waals surface area (Å²) < 4.78 is 26.7. The number of nitrogens with one attached hydrogen (secondary N) is 2. The van der Waals surface area contributed by atoms with Crippen molar-refractivity contribution >= 4 is 46.0 Å². The van der Waals surface area contributed by atoms with Crippen LogP contribution in [0.3, 0.4) is 0 Å². The molecule has 0 radical (unpaired) electrons. The molecular formula is C23H13F2N3O3S. The lowest BCUT2D eigenvalue weighted by molar-refractivity contribution is -0.113. The molecular weight excluding hydrogens is 436 g/mol. The third kappa shape index (κ3) is 3.36. The highest BCUT2D eigenvalue weighted by atomic mass is 32.2. The molecule has 1 heterocycles. The molecule has 9 heteroatoms. The molecule has 0 spiro atoms. The molecule has 32 heavy (non-hydrogen) atoms. The Labute approximate surface area is 184 Å². The van der Waals surface area contributed by atoms with E-state index in [4.69, 9.17) is 0 Å². The second-order valence-electron chi connectivity index (χ2n) is 7.09. The molecule has 0 fully saturated rings. The van der Waals surface area contributed by atoms with Gasteiger partial charge in [-0.15, -0.1) is 0 Å². The first kappa shape index (κ1) is 20.1. The lowest BCUT2D eigenvalue weighted by Crippen LogP contribution is -2.24. The number of amides is 1. The molecule has 3 aromatic carbocycles. The largest absolute Gasteiger partial charge is 0.333 e. The van der Waals surface area contributed by atoms with Gasteiger partial charge in [-0.05, 0) is 6.07 Å². The quantitative estimate of drug-likeness (QED) is 0.398. The summed E-state index contributed by atoms with van der Waals surface area (Å²) in [5.41, 5.74) is 1.82. The van der Waals surface area contributed by atoms with Gasteiger partial charge in [0.05, 0.1) is 28.0 Å². The second-order valence-corrected chi connectivity index (χ2v) is 8.06. The number of rotatable bonds is 4. The van der Waals surface area contributed by atoms with E-state index in [2.05, 4.69) is 15.3 Å². The van der Waals surface area contributed by atoms with Gasteiger partial charge in [-0.2, -0.15) is 0 Å². The van der Waals surface area contributed by atoms with Gasteiger partial charge in [-0.1, -0.05) is 48.2 Å². The number of nitrogens with zero attached hydrogens (tertiary/aromatic N) is 1. The zero-order valence-corrected chi connectivity index (χ0v) is 17.1. The number of anilines is 1. The van der Waals surface area contributed by atoms with Crippen LogP contribution >= 0.6 is 11.8 Å². The number of thioether (sulfide) groups is 1. The van der Waals surface area contributed by atoms with Crippen LogP contribution in [0.5, 0.6) is 0 Å². The molecule has 0 unspecified atom stereocenters. The molecule has 0 saturated heterocycles. The van der Waals surface area contributed by atoms with E-state index in [1.807, 2.05) is 0 Å². The summed E-state index contributed by atoms with van der Waals surface area (Å²) in [6.45, 7) is 0. The molecule has 2 N–H and O–H groups in total. The molecule has 158 valence electrons. The fourth-order valence-electron chi connectivity index (χ4n) is 3.62. The van der Waals surface area contributed by atoms with Crippen molar-refractivity contribution in [2.24, 2.45) is 0 Å². The highest BCUT2D eigenvalue weighted by Gasteiger charge is 2.31. The minimum atomic E-state index is -1.01. The summed E-state index contributed by atoms with van der Waals surface area (Å²) >= 11 is 1.04. The van der Waals surface area contributed by atoms with Crippen molar-refractivity contribution in [1.29, 1.82) is 0 Å². The van der Waals surface area contributed by atoms with Gasteiger partial charge in [0.2, 0.25) is 5.91 Å². The van der Waals surface area contributed by atoms with Gasteiger partial charge in [0, 0.05) is 28.8 Å². The number of hydrogen-bond acceptors (Lipinski definition) is 5. The van der Waals surface area contributed by atoms with Crippen LogP contribution in [0.4, 0.5) is 14.5 Å². The number of halogens is 2. The van der Waals surface area contributed by atoms with Crippen LogP contribution in [0.25, 0.3) is 11.0 Å². The van der Waals surface area contributed by atoms with Crippen LogP contribution in [0.2, 0.25) is 0 Å². The fraction of sp³-hybridized carbons (Fsp3) is 0.0435. The number of H-pyrrole nitrogens is 1. The summed E-state index contributed by atoms with van der Waals surface area (Å²) in [6, 6.07) is 13.3. The number of carbonyl (C=O) groups is 3. The fourth-order valence-corrected chi connectivity index (χ4v) is 4.30. The summed E-state index contributed by atoms with van der Waals surface area (Å²) in [6.07, 6.45) is 0. The van der Waals surface area contributed by atoms with Crippen molar-refractivity contribution in [3.05, 3.63) is 88.5 Å². The third-order valence-corrected chi connectivity index (χ3v) is 5.94. The Kier molecular flexibility index (Phi) is 4.82. The Balaban J connectivity index is 1.36. The van der Waals surface area contributed by atoms with Gasteiger partial charge in [0.1, 0.15) is 0 Å². The van der Waals surface area contributed by atoms with Crippen LogP contribution in [-0.2, 0) is 4.79 Å². The lowest BCUT2D eigenvalue weighted by Gasteiger charge is -2.20. The average Bonchev–Trinajstić information content (AvgIpc) is 3.18. The van der Waals surface area contributed by atoms with Crippen molar-refractivity contribution in [2.45, 2.75) is 5.16 Å². The van der Waals surface area contributed by atoms with E-state index >= 15 is 0 Å². The first-order chi connectivity index (χ1) is 15.4. The predicted octanol–water partition coefficient (Wildman–Crippen LogP) is 4.35. The molecule has 6 nitrogen and oxygen atoms in total. The van der Waals surface area contributed by atoms with Gasteiger partial charge < -0.3 is 10.3 Å². The zero-order valence-electron chi connectivity index (χ0n) is 16.2. The standard InChI is InChI=1S/C23H13F2N3O3S/c24-14-8-17-18(9-15(14)25)28-23(27-17)32-10-19(29)26-16-7-3-6-13-20(16)22(31)12-5-2-1-4-11(12)21(13)30/h1-9H,10H2,(H,26,29)(H,27,28). The van der Waals surface area contributed by atoms with Crippen molar-refractivity contribution < 1.29 is 23.2 Å². The van der Waals surface area contributed by atoms with Crippen molar-refractivity contribution in [3.8, 4) is 0 Å². The average molecular weight is 449 g/mol. The molecule has 1 amide bonds. The molecule has 0 aliphatic heterocycles. The van der Waals surface area contributed by atoms with E-state index in [1.165, 1.54) is 0 Å². The maximum absolute atomic E-state index is 13.4. The molecule has 1 aliphatic rings. The molecule has 0 atom stereocenters. The third-order valence-electron chi connectivity index (χ3n) is 5.07. The van der Waals surface area contributed by atoms with E-state index in [0.29, 0.717) is 21.8 Å². The molecule has 0 bridgehead atoms. The van der Waals surface area contributed by atoms with Crippen molar-refractivity contribution in [3.63, 3.8) is 0 Å². The Hall–Kier alpha value is -3.85. The number of ketones is 2. The van der Waals surface area contributed by atoms with Crippen LogP contribution < -0.4 is 5.32 Å². The van der Waals surface area contributed by atoms with Gasteiger partial charge in [0.15, 0.2) is 28.4 Å². The van der Waals surface area contributed by atoms with E-state index in [-0.39, 0.29) is 39.7 Å². The molecule has 4 aromatic rings. The maximum Gasteiger partial charge on any atom is 0.234 e. The minimum Gasteiger partial charge on any atom is -0.333 e. The second kappa shape index (κ2) is 7.69. The highest BCUT2D eigenvalue weighted by Crippen LogP contribution is 2.32. The molecule has 5 rings (SSSR count). The van der Waals surface area contributed by atoms with Crippen LogP contribution in [-0.4, -0.2) is 33.2 Å². The number of hydrogen-bond donors (Lipinski definition) is 2. The lowest BCUT2D eigenvalue weighted by atomic mass is 9.83. The van der Waals surface area contributed by atoms with Gasteiger partial charge >= 0.3 is 0 Å². The maximum atomic E-state index is 13.4. The van der Waals surface area contributed by atoms with Crippen molar-refractivity contribution in [2.75, 3.05) is 11.1 Å².